The first-order chi connectivity index (χ1) is 11.2. The van der Waals surface area contributed by atoms with Crippen molar-refractivity contribution in [1.82, 2.24) is 4.90 Å². The number of carbonyl (C=O) groups is 1. The predicted octanol–water partition coefficient (Wildman–Crippen LogP) is 4.65. The summed E-state index contributed by atoms with van der Waals surface area (Å²) in [6.45, 7) is 10.1. The van der Waals surface area contributed by atoms with Gasteiger partial charge in [-0.1, -0.05) is 18.2 Å². The van der Waals surface area contributed by atoms with Gasteiger partial charge in [-0.15, -0.1) is 0 Å². The number of hydrogen-bond acceptors (Lipinski definition) is 3. The van der Waals surface area contributed by atoms with Crippen molar-refractivity contribution in [2.75, 3.05) is 5.32 Å². The van der Waals surface area contributed by atoms with E-state index in [1.165, 1.54) is 16.8 Å². The lowest BCUT2D eigenvalue weighted by Gasteiger charge is -2.40. The van der Waals surface area contributed by atoms with E-state index in [9.17, 15) is 4.79 Å². The largest absolute Gasteiger partial charge is 0.444 e. The molecule has 2 fully saturated rings. The number of para-hydroxylation sites is 1. The van der Waals surface area contributed by atoms with Crippen molar-refractivity contribution in [3.8, 4) is 0 Å². The number of anilines is 1. The summed E-state index contributed by atoms with van der Waals surface area (Å²) in [6.07, 6.45) is 4.05. The molecule has 4 heteroatoms. The van der Waals surface area contributed by atoms with Crippen molar-refractivity contribution in [2.45, 2.75) is 84.0 Å². The molecule has 1 N–H and O–H groups in total. The Morgan fingerprint density at radius 2 is 1.67 bits per heavy atom. The standard InChI is InChI=1S/C20H30N2O2/c1-13-7-6-8-14(2)18(13)21-15-11-16-9-10-17(12-15)22(16)19(23)24-20(3,4)5/h6-8,15-17,21H,9-12H2,1-5H3. The van der Waals surface area contributed by atoms with Crippen molar-refractivity contribution in [2.24, 2.45) is 0 Å². The fraction of sp³-hybridized carbons (Fsp3) is 0.650. The maximum atomic E-state index is 12.5. The quantitative estimate of drug-likeness (QED) is 0.858. The van der Waals surface area contributed by atoms with E-state index in [-0.39, 0.29) is 6.09 Å². The zero-order valence-corrected chi connectivity index (χ0v) is 15.6. The number of rotatable bonds is 2. The number of amides is 1. The van der Waals surface area contributed by atoms with Crippen LogP contribution in [0.2, 0.25) is 0 Å². The van der Waals surface area contributed by atoms with Gasteiger partial charge in [-0.25, -0.2) is 4.79 Å². The molecule has 1 amide bonds. The van der Waals surface area contributed by atoms with Gasteiger partial charge in [-0.05, 0) is 71.4 Å². The molecule has 0 aromatic heterocycles. The van der Waals surface area contributed by atoms with E-state index in [0.29, 0.717) is 18.1 Å². The van der Waals surface area contributed by atoms with Crippen molar-refractivity contribution in [1.29, 1.82) is 0 Å². The Morgan fingerprint density at radius 3 is 2.17 bits per heavy atom. The Labute approximate surface area is 145 Å². The first kappa shape index (κ1) is 17.1. The van der Waals surface area contributed by atoms with Gasteiger partial charge in [0.1, 0.15) is 5.60 Å². The Balaban J connectivity index is 1.68. The van der Waals surface area contributed by atoms with Gasteiger partial charge >= 0.3 is 6.09 Å². The second-order valence-electron chi connectivity index (χ2n) is 8.35. The summed E-state index contributed by atoms with van der Waals surface area (Å²) in [7, 11) is 0. The number of hydrogen-bond donors (Lipinski definition) is 1. The fourth-order valence-electron chi connectivity index (χ4n) is 4.15. The molecule has 1 aromatic rings. The highest BCUT2D eigenvalue weighted by atomic mass is 16.6. The summed E-state index contributed by atoms with van der Waals surface area (Å²) >= 11 is 0. The first-order valence-corrected chi connectivity index (χ1v) is 9.08. The summed E-state index contributed by atoms with van der Waals surface area (Å²) in [5, 5.41) is 3.75. The van der Waals surface area contributed by atoms with Crippen LogP contribution in [0.15, 0.2) is 18.2 Å². The highest BCUT2D eigenvalue weighted by molar-refractivity contribution is 5.70. The van der Waals surface area contributed by atoms with Gasteiger partial charge in [0.15, 0.2) is 0 Å². The second kappa shape index (κ2) is 6.30. The summed E-state index contributed by atoms with van der Waals surface area (Å²) in [5.41, 5.74) is 3.41. The number of nitrogens with one attached hydrogen (secondary N) is 1. The SMILES string of the molecule is Cc1cccc(C)c1NC1CC2CCC(C1)N2C(=O)OC(C)(C)C. The maximum Gasteiger partial charge on any atom is 0.410 e. The minimum Gasteiger partial charge on any atom is -0.444 e. The average molecular weight is 330 g/mol. The Bertz CT molecular complexity index is 586. The van der Waals surface area contributed by atoms with Crippen LogP contribution in [0, 0.1) is 13.8 Å². The molecule has 24 heavy (non-hydrogen) atoms. The van der Waals surface area contributed by atoms with Crippen molar-refractivity contribution in [3.63, 3.8) is 0 Å². The number of benzene rings is 1. The summed E-state index contributed by atoms with van der Waals surface area (Å²) < 4.78 is 5.62. The van der Waals surface area contributed by atoms with Gasteiger partial charge in [-0.3, -0.25) is 0 Å². The van der Waals surface area contributed by atoms with Crippen LogP contribution in [0.1, 0.15) is 57.6 Å². The molecule has 1 aromatic carbocycles. The van der Waals surface area contributed by atoms with Gasteiger partial charge in [0.25, 0.3) is 0 Å². The van der Waals surface area contributed by atoms with Gasteiger partial charge in [0, 0.05) is 23.8 Å². The molecular formula is C20H30N2O2. The molecule has 0 aliphatic carbocycles. The lowest BCUT2D eigenvalue weighted by Crippen LogP contribution is -2.51. The molecule has 2 aliphatic heterocycles. The number of aryl methyl sites for hydroxylation is 2. The molecule has 2 aliphatic rings. The minimum absolute atomic E-state index is 0.138. The number of fused-ring (bicyclic) bond motifs is 2. The minimum atomic E-state index is -0.427. The molecule has 0 spiro atoms. The van der Waals surface area contributed by atoms with Crippen LogP contribution in [0.4, 0.5) is 10.5 Å². The Kier molecular flexibility index (Phi) is 4.50. The second-order valence-corrected chi connectivity index (χ2v) is 8.35. The normalized spacial score (nSPS) is 26.4. The van der Waals surface area contributed by atoms with Gasteiger partial charge < -0.3 is 15.0 Å². The molecule has 2 bridgehead atoms. The maximum absolute atomic E-state index is 12.5. The van der Waals surface area contributed by atoms with Gasteiger partial charge in [0.05, 0.1) is 0 Å². The van der Waals surface area contributed by atoms with Crippen LogP contribution in [0.5, 0.6) is 0 Å². The lowest BCUT2D eigenvalue weighted by molar-refractivity contribution is 0.00683. The van der Waals surface area contributed by atoms with E-state index in [1.807, 2.05) is 25.7 Å². The van der Waals surface area contributed by atoms with Crippen molar-refractivity contribution in [3.05, 3.63) is 29.3 Å². The predicted molar refractivity (Wildman–Crippen MR) is 97.4 cm³/mol. The molecule has 2 saturated heterocycles. The van der Waals surface area contributed by atoms with E-state index in [1.54, 1.807) is 0 Å². The van der Waals surface area contributed by atoms with E-state index in [2.05, 4.69) is 37.4 Å². The number of ether oxygens (including phenoxy) is 1. The van der Waals surface area contributed by atoms with Crippen LogP contribution in [-0.4, -0.2) is 34.7 Å². The van der Waals surface area contributed by atoms with Crippen LogP contribution in [-0.2, 0) is 4.74 Å². The van der Waals surface area contributed by atoms with Crippen LogP contribution >= 0.6 is 0 Å². The van der Waals surface area contributed by atoms with E-state index in [0.717, 1.165) is 25.7 Å². The van der Waals surface area contributed by atoms with Crippen LogP contribution in [0.3, 0.4) is 0 Å². The van der Waals surface area contributed by atoms with Gasteiger partial charge in [-0.2, -0.15) is 0 Å². The van der Waals surface area contributed by atoms with E-state index >= 15 is 0 Å². The third-order valence-electron chi connectivity index (χ3n) is 5.17. The molecule has 0 saturated carbocycles. The number of carbonyl (C=O) groups excluding carboxylic acids is 1. The summed E-state index contributed by atoms with van der Waals surface area (Å²) in [4.78, 5) is 14.5. The fourth-order valence-corrected chi connectivity index (χ4v) is 4.15. The third-order valence-corrected chi connectivity index (χ3v) is 5.17. The number of nitrogens with zero attached hydrogens (tertiary/aromatic N) is 1. The van der Waals surface area contributed by atoms with Crippen LogP contribution < -0.4 is 5.32 Å². The zero-order valence-electron chi connectivity index (χ0n) is 15.6. The van der Waals surface area contributed by atoms with E-state index in [4.69, 9.17) is 4.74 Å². The molecule has 132 valence electrons. The Hall–Kier alpha value is -1.71. The molecule has 4 nitrogen and oxygen atoms in total. The molecule has 2 unspecified atom stereocenters. The molecular weight excluding hydrogens is 300 g/mol. The number of piperidine rings is 1. The molecule has 3 rings (SSSR count). The molecule has 0 radical (unpaired) electrons. The zero-order chi connectivity index (χ0) is 17.5. The van der Waals surface area contributed by atoms with Crippen molar-refractivity contribution < 1.29 is 9.53 Å². The van der Waals surface area contributed by atoms with E-state index < -0.39 is 5.60 Å². The first-order valence-electron chi connectivity index (χ1n) is 9.08. The smallest absolute Gasteiger partial charge is 0.410 e. The highest BCUT2D eigenvalue weighted by Gasteiger charge is 2.44. The topological polar surface area (TPSA) is 41.6 Å². The average Bonchev–Trinajstić information content (AvgIpc) is 2.73. The molecule has 2 heterocycles. The summed E-state index contributed by atoms with van der Waals surface area (Å²) in [5.74, 6) is 0. The highest BCUT2D eigenvalue weighted by Crippen LogP contribution is 2.38. The summed E-state index contributed by atoms with van der Waals surface area (Å²) in [6, 6.07) is 7.45. The van der Waals surface area contributed by atoms with Crippen molar-refractivity contribution >= 4 is 11.8 Å². The Morgan fingerprint density at radius 1 is 1.12 bits per heavy atom. The third kappa shape index (κ3) is 3.52. The molecule has 2 atom stereocenters. The van der Waals surface area contributed by atoms with Crippen LogP contribution in [0.25, 0.3) is 0 Å². The van der Waals surface area contributed by atoms with Gasteiger partial charge in [0.2, 0.25) is 0 Å². The monoisotopic (exact) mass is 330 g/mol. The lowest BCUT2D eigenvalue weighted by atomic mass is 9.96.